The van der Waals surface area contributed by atoms with Crippen molar-refractivity contribution in [2.45, 2.75) is 26.8 Å². The van der Waals surface area contributed by atoms with Crippen LogP contribution in [0.25, 0.3) is 0 Å². The summed E-state index contributed by atoms with van der Waals surface area (Å²) in [6.07, 6.45) is 0. The average molecular weight is 168 g/mol. The zero-order valence-electron chi connectivity index (χ0n) is 7.89. The second kappa shape index (κ2) is 4.12. The molecule has 0 aliphatic heterocycles. The fraction of sp³-hybridized carbons (Fsp3) is 0.400. The summed E-state index contributed by atoms with van der Waals surface area (Å²) < 4.78 is 0. The summed E-state index contributed by atoms with van der Waals surface area (Å²) in [5, 5.41) is 0. The van der Waals surface area contributed by atoms with Gasteiger partial charge in [-0.05, 0) is 32.9 Å². The number of hydrazine groups is 1. The predicted molar refractivity (Wildman–Crippen MR) is 57.3 cm³/mol. The van der Waals surface area contributed by atoms with Gasteiger partial charge in [0.15, 0.2) is 0 Å². The van der Waals surface area contributed by atoms with Crippen LogP contribution < -0.4 is 10.9 Å². The molecule has 0 radical (unpaired) electrons. The topological polar surface area (TPSA) is 24.1 Å². The van der Waals surface area contributed by atoms with Crippen LogP contribution in [0.3, 0.4) is 0 Å². The van der Waals surface area contributed by atoms with Crippen molar-refractivity contribution in [1.29, 1.82) is 0 Å². The molecule has 0 aliphatic carbocycles. The van der Waals surface area contributed by atoms with Crippen LogP contribution in [0.5, 0.6) is 0 Å². The fourth-order valence-electron chi connectivity index (χ4n) is 0.865. The maximum atomic E-state index is 3.13. The Morgan fingerprint density at radius 2 is 1.75 bits per heavy atom. The van der Waals surface area contributed by atoms with Gasteiger partial charge in [-0.1, -0.05) is 17.7 Å². The minimum absolute atomic E-state index is 0. The molecule has 0 spiro atoms. The lowest BCUT2D eigenvalue weighted by atomic mass is 10.2. The molecule has 0 aromatic heterocycles. The molecule has 70 valence electrons. The Hall–Kier alpha value is -1.02. The van der Waals surface area contributed by atoms with Gasteiger partial charge in [-0.3, -0.25) is 0 Å². The van der Waals surface area contributed by atoms with Crippen LogP contribution in [0.15, 0.2) is 24.3 Å². The van der Waals surface area contributed by atoms with E-state index in [9.17, 15) is 0 Å². The summed E-state index contributed by atoms with van der Waals surface area (Å²) in [6.45, 7) is 6.28. The van der Waals surface area contributed by atoms with E-state index in [0.29, 0.717) is 6.04 Å². The van der Waals surface area contributed by atoms with Crippen molar-refractivity contribution in [3.8, 4) is 0 Å². The number of hydrogen-bond acceptors (Lipinski definition) is 2. The maximum absolute atomic E-state index is 3.13. The zero-order chi connectivity index (χ0) is 8.97. The van der Waals surface area contributed by atoms with Crippen LogP contribution in [-0.2, 0) is 0 Å². The highest BCUT2D eigenvalue weighted by Crippen LogP contribution is 2.06. The minimum atomic E-state index is 0. The summed E-state index contributed by atoms with van der Waals surface area (Å²) in [6, 6.07) is 8.75. The maximum Gasteiger partial charge on any atom is 0.0487 e. The van der Waals surface area contributed by atoms with Crippen molar-refractivity contribution in [2.24, 2.45) is 0 Å². The average Bonchev–Trinajstić information content (AvgIpc) is 2.03. The number of anilines is 1. The third-order valence-electron chi connectivity index (χ3n) is 1.56. The molecule has 0 bridgehead atoms. The highest BCUT2D eigenvalue weighted by Gasteiger charge is 1.91. The van der Waals surface area contributed by atoms with Gasteiger partial charge in [0.25, 0.3) is 0 Å². The Kier molecular flexibility index (Phi) is 3.11. The smallest absolute Gasteiger partial charge is 0.0487 e. The molecule has 2 N–H and O–H groups in total. The summed E-state index contributed by atoms with van der Waals surface area (Å²) in [4.78, 5) is 0. The van der Waals surface area contributed by atoms with Crippen LogP contribution in [0.4, 0.5) is 5.69 Å². The van der Waals surface area contributed by atoms with E-state index < -0.39 is 0 Å². The molecular weight excluding hydrogens is 148 g/mol. The van der Waals surface area contributed by atoms with Crippen molar-refractivity contribution < 1.29 is 2.85 Å². The number of benzene rings is 1. The van der Waals surface area contributed by atoms with Crippen LogP contribution in [-0.4, -0.2) is 6.04 Å². The van der Waals surface area contributed by atoms with E-state index in [1.54, 1.807) is 0 Å². The molecule has 1 rings (SSSR count). The first-order valence-electron chi connectivity index (χ1n) is 4.26. The van der Waals surface area contributed by atoms with E-state index in [0.717, 1.165) is 5.69 Å². The lowest BCUT2D eigenvalue weighted by Gasteiger charge is -2.10. The van der Waals surface area contributed by atoms with E-state index in [1.165, 1.54) is 5.56 Å². The number of nitrogens with one attached hydrogen (secondary N) is 2. The largest absolute Gasteiger partial charge is 0.321 e. The molecule has 0 heterocycles. The van der Waals surface area contributed by atoms with Crippen LogP contribution in [0, 0.1) is 6.92 Å². The summed E-state index contributed by atoms with van der Waals surface area (Å²) in [5.41, 5.74) is 8.64. The summed E-state index contributed by atoms with van der Waals surface area (Å²) in [7, 11) is 0. The number of rotatable bonds is 3. The Morgan fingerprint density at radius 1 is 1.17 bits per heavy atom. The van der Waals surface area contributed by atoms with Gasteiger partial charge in [0.1, 0.15) is 0 Å². The normalized spacial score (nSPS) is 10.3. The van der Waals surface area contributed by atoms with Crippen molar-refractivity contribution in [2.75, 3.05) is 5.43 Å². The molecule has 0 unspecified atom stereocenters. The lowest BCUT2D eigenvalue weighted by molar-refractivity contribution is 0.660. The first kappa shape index (κ1) is 9.07. The monoisotopic (exact) mass is 168 g/mol. The molecule has 0 saturated heterocycles. The molecule has 12 heavy (non-hydrogen) atoms. The van der Waals surface area contributed by atoms with E-state index in [-0.39, 0.29) is 2.85 Å². The Bertz CT molecular complexity index is 234. The summed E-state index contributed by atoms with van der Waals surface area (Å²) >= 11 is 0. The van der Waals surface area contributed by atoms with Crippen LogP contribution in [0.2, 0.25) is 0 Å². The molecule has 0 fully saturated rings. The van der Waals surface area contributed by atoms with Gasteiger partial charge in [0.05, 0.1) is 0 Å². The molecule has 0 amide bonds. The second-order valence-corrected chi connectivity index (χ2v) is 3.29. The van der Waals surface area contributed by atoms with Crippen molar-refractivity contribution >= 4 is 5.69 Å². The van der Waals surface area contributed by atoms with Crippen LogP contribution in [0.1, 0.15) is 22.3 Å². The molecule has 0 aliphatic rings. The Labute approximate surface area is 76.9 Å². The molecule has 2 nitrogen and oxygen atoms in total. The third-order valence-corrected chi connectivity index (χ3v) is 1.56. The van der Waals surface area contributed by atoms with Gasteiger partial charge >= 0.3 is 0 Å². The van der Waals surface area contributed by atoms with E-state index in [2.05, 4.69) is 55.9 Å². The number of aryl methyl sites for hydroxylation is 1. The zero-order valence-corrected chi connectivity index (χ0v) is 7.89. The van der Waals surface area contributed by atoms with Gasteiger partial charge < -0.3 is 5.43 Å². The predicted octanol–water partition coefficient (Wildman–Crippen LogP) is 2.81. The van der Waals surface area contributed by atoms with Crippen molar-refractivity contribution in [3.05, 3.63) is 29.8 Å². The van der Waals surface area contributed by atoms with Gasteiger partial charge in [-0.2, -0.15) is 0 Å². The quantitative estimate of drug-likeness (QED) is 0.678. The van der Waals surface area contributed by atoms with Gasteiger partial charge in [0.2, 0.25) is 0 Å². The van der Waals surface area contributed by atoms with Crippen LogP contribution >= 0.6 is 0 Å². The van der Waals surface area contributed by atoms with Crippen molar-refractivity contribution in [3.63, 3.8) is 0 Å². The first-order valence-corrected chi connectivity index (χ1v) is 4.26. The third kappa shape index (κ3) is 2.93. The highest BCUT2D eigenvalue weighted by molar-refractivity contribution is 5.43. The van der Waals surface area contributed by atoms with E-state index >= 15 is 0 Å². The van der Waals surface area contributed by atoms with Gasteiger partial charge in [0, 0.05) is 14.6 Å². The lowest BCUT2D eigenvalue weighted by Crippen LogP contribution is -2.28. The molecule has 0 atom stereocenters. The molecule has 2 heteroatoms. The highest BCUT2D eigenvalue weighted by atomic mass is 15.4. The van der Waals surface area contributed by atoms with Gasteiger partial charge in [-0.25, -0.2) is 5.43 Å². The standard InChI is InChI=1S/C10H16N2.2H2/c1-8(2)11-12-10-6-4-9(3)5-7-10;;/h4-8,11-12H,1-3H3;2*1H. The SMILES string of the molecule is Cc1ccc(NNC(C)C)cc1.[HH].[HH]. The Balaban J connectivity index is 0. The Morgan fingerprint density at radius 3 is 2.25 bits per heavy atom. The molecular formula is C10H20N2. The van der Waals surface area contributed by atoms with Gasteiger partial charge in [-0.15, -0.1) is 0 Å². The van der Waals surface area contributed by atoms with E-state index in [4.69, 9.17) is 0 Å². The fourth-order valence-corrected chi connectivity index (χ4v) is 0.865. The van der Waals surface area contributed by atoms with Crippen molar-refractivity contribution in [1.82, 2.24) is 5.43 Å². The van der Waals surface area contributed by atoms with E-state index in [1.807, 2.05) is 0 Å². The second-order valence-electron chi connectivity index (χ2n) is 3.29. The first-order chi connectivity index (χ1) is 5.68. The number of hydrogen-bond donors (Lipinski definition) is 2. The molecule has 1 aromatic rings. The molecule has 0 saturated carbocycles. The molecule has 1 aromatic carbocycles. The minimum Gasteiger partial charge on any atom is -0.321 e. The summed E-state index contributed by atoms with van der Waals surface area (Å²) in [5.74, 6) is 0.